The van der Waals surface area contributed by atoms with Gasteiger partial charge in [0.25, 0.3) is 17.7 Å². The number of ether oxygens (including phenoxy) is 6. The average Bonchev–Trinajstić information content (AvgIpc) is 0.918. The van der Waals surface area contributed by atoms with Crippen LogP contribution in [0, 0.1) is 16.2 Å². The second kappa shape index (κ2) is 23.5. The van der Waals surface area contributed by atoms with Gasteiger partial charge in [-0.25, -0.2) is 30.7 Å². The lowest BCUT2D eigenvalue weighted by atomic mass is 9.69. The molecule has 9 aliphatic rings. The summed E-state index contributed by atoms with van der Waals surface area (Å²) in [6.45, 7) is 40.4. The van der Waals surface area contributed by atoms with Gasteiger partial charge in [-0.15, -0.1) is 0 Å². The fourth-order valence-electron chi connectivity index (χ4n) is 12.8. The highest BCUT2D eigenvalue weighted by molar-refractivity contribution is 6.11. The second-order valence-electron chi connectivity index (χ2n) is 29.3. The smallest absolute Gasteiger partial charge is 0.410 e. The summed E-state index contributed by atoms with van der Waals surface area (Å²) < 4.78 is 34.0. The molecule has 0 saturated carbocycles. The Kier molecular flexibility index (Phi) is 16.9. The van der Waals surface area contributed by atoms with Crippen LogP contribution in [0.15, 0.2) is 69.9 Å². The number of anilines is 3. The summed E-state index contributed by atoms with van der Waals surface area (Å²) in [6.07, 6.45) is -0.792. The Hall–Kier alpha value is -8.31. The van der Waals surface area contributed by atoms with Gasteiger partial charge in [0.05, 0.1) is 17.1 Å². The maximum atomic E-state index is 12.3. The molecule has 3 aromatic carbocycles. The van der Waals surface area contributed by atoms with E-state index in [2.05, 4.69) is 110 Å². The minimum atomic E-state index is -0.496. The Bertz CT molecular complexity index is 3100. The number of fused-ring (bicyclic) bond motifs is 9. The molecule has 3 fully saturated rings. The number of rotatable bonds is 6. The number of hydrogen-bond donors (Lipinski definition) is 3. The van der Waals surface area contributed by atoms with E-state index in [0.717, 1.165) is 51.0 Å². The van der Waals surface area contributed by atoms with E-state index in [1.807, 2.05) is 116 Å². The molecule has 9 aliphatic heterocycles. The number of hydrazone groups is 3. The summed E-state index contributed by atoms with van der Waals surface area (Å²) in [7, 11) is 0. The van der Waals surface area contributed by atoms with Crippen molar-refractivity contribution >= 4 is 70.6 Å². The number of carbonyl (C=O) groups is 6. The molecule has 6 amide bonds. The number of amidine groups is 3. The largest absolute Gasteiger partial charge is 0.483 e. The lowest BCUT2D eigenvalue weighted by Gasteiger charge is -2.51. The molecule has 3 N–H and O–H groups in total. The molecule has 0 bridgehead atoms. The zero-order valence-electron chi connectivity index (χ0n) is 55.4. The molecule has 1 unspecified atom stereocenters. The highest BCUT2D eigenvalue weighted by Crippen LogP contribution is 2.50. The van der Waals surface area contributed by atoms with Crippen molar-refractivity contribution in [2.45, 2.75) is 177 Å². The number of benzene rings is 3. The van der Waals surface area contributed by atoms with Crippen LogP contribution in [0.25, 0.3) is 0 Å². The molecule has 3 saturated heterocycles. The molecule has 12 rings (SSSR count). The second-order valence-corrected chi connectivity index (χ2v) is 29.3. The molecule has 9 heterocycles. The molecular formula is C66H90N12O12. The third-order valence-corrected chi connectivity index (χ3v) is 18.7. The SMILES string of the molecule is CC(c1ccc2c(c1)N1C(=NNC(=O)[C@H]1C)CO2)C1(C)CN(C(=O)OC(C)(C)C)C1.C[C@@H]1C(=O)NN=C2COc3ccc([C@@H](C)C4(C)CN(C(=O)OC(C)(C)C)C4)cc3N21.C[C@@H]1C(=O)NN=C2COc3ccc([C@H](C)C4(C)CN(C(=O)OC(C)(C)C)C4)cc3N21. The molecule has 0 radical (unpaired) electrons. The number of nitrogens with one attached hydrogen (secondary N) is 3. The standard InChI is InChI=1S/3C22H30N4O4/c3*1-13(22(6)11-25(12-22)20(28)30-21(3,4)5)15-7-8-17-16(9-15)26-14(2)19(27)24-23-18(26)10-29-17/h3*7-9,13-14H,10-12H2,1-6H3,(H,24,27)/t13?,14-;13-,14+;13-,14-/m101/s1. The summed E-state index contributed by atoms with van der Waals surface area (Å²) in [6, 6.07) is 17.3. The zero-order valence-corrected chi connectivity index (χ0v) is 55.4. The van der Waals surface area contributed by atoms with Crippen molar-refractivity contribution in [2.24, 2.45) is 31.5 Å². The van der Waals surface area contributed by atoms with Crippen LogP contribution in [0.2, 0.25) is 0 Å². The highest BCUT2D eigenvalue weighted by atomic mass is 16.6. The van der Waals surface area contributed by atoms with Gasteiger partial charge in [-0.3, -0.25) is 14.4 Å². The van der Waals surface area contributed by atoms with Gasteiger partial charge < -0.3 is 57.8 Å². The summed E-state index contributed by atoms with van der Waals surface area (Å²) in [4.78, 5) is 84.5. The van der Waals surface area contributed by atoms with Gasteiger partial charge >= 0.3 is 18.3 Å². The van der Waals surface area contributed by atoms with Crippen molar-refractivity contribution in [3.8, 4) is 17.2 Å². The van der Waals surface area contributed by atoms with Crippen molar-refractivity contribution in [2.75, 3.05) is 73.8 Å². The van der Waals surface area contributed by atoms with Crippen LogP contribution < -0.4 is 45.2 Å². The molecule has 0 aliphatic carbocycles. The first-order valence-electron chi connectivity index (χ1n) is 31.2. The van der Waals surface area contributed by atoms with E-state index in [9.17, 15) is 28.8 Å². The molecule has 6 atom stereocenters. The lowest BCUT2D eigenvalue weighted by Crippen LogP contribution is -2.59. The van der Waals surface area contributed by atoms with E-state index < -0.39 is 16.8 Å². The van der Waals surface area contributed by atoms with E-state index in [1.54, 1.807) is 14.7 Å². The quantitative estimate of drug-likeness (QED) is 0.195. The molecule has 90 heavy (non-hydrogen) atoms. The van der Waals surface area contributed by atoms with Gasteiger partial charge in [-0.1, -0.05) is 59.7 Å². The van der Waals surface area contributed by atoms with Crippen molar-refractivity contribution < 1.29 is 57.2 Å². The van der Waals surface area contributed by atoms with Crippen molar-refractivity contribution in [1.82, 2.24) is 31.0 Å². The zero-order chi connectivity index (χ0) is 65.5. The van der Waals surface area contributed by atoms with Crippen LogP contribution in [0.5, 0.6) is 17.2 Å². The summed E-state index contributed by atoms with van der Waals surface area (Å²) in [5.74, 6) is 4.56. The first-order chi connectivity index (χ1) is 41.9. The van der Waals surface area contributed by atoms with Crippen LogP contribution in [0.4, 0.5) is 31.4 Å². The van der Waals surface area contributed by atoms with E-state index >= 15 is 0 Å². The first-order valence-corrected chi connectivity index (χ1v) is 31.2. The Morgan fingerprint density at radius 1 is 0.456 bits per heavy atom. The van der Waals surface area contributed by atoms with Gasteiger partial charge in [0.2, 0.25) is 0 Å². The Balaban J connectivity index is 0.000000148. The highest BCUT2D eigenvalue weighted by Gasteiger charge is 2.51. The molecule has 0 spiro atoms. The van der Waals surface area contributed by atoms with Crippen LogP contribution >= 0.6 is 0 Å². The van der Waals surface area contributed by atoms with Crippen LogP contribution in [-0.4, -0.2) is 162 Å². The Morgan fingerprint density at radius 2 is 0.689 bits per heavy atom. The lowest BCUT2D eigenvalue weighted by molar-refractivity contribution is -0.123. The van der Waals surface area contributed by atoms with E-state index in [-0.39, 0.29) is 88.1 Å². The summed E-state index contributed by atoms with van der Waals surface area (Å²) >= 11 is 0. The maximum absolute atomic E-state index is 12.3. The van der Waals surface area contributed by atoms with Crippen molar-refractivity contribution in [3.63, 3.8) is 0 Å². The Labute approximate surface area is 527 Å². The van der Waals surface area contributed by atoms with E-state index in [0.29, 0.717) is 76.6 Å². The monoisotopic (exact) mass is 1240 g/mol. The average molecular weight is 1240 g/mol. The molecule has 3 aromatic rings. The van der Waals surface area contributed by atoms with E-state index in [4.69, 9.17) is 28.4 Å². The van der Waals surface area contributed by atoms with Gasteiger partial charge in [0.1, 0.15) is 72.0 Å². The van der Waals surface area contributed by atoms with Gasteiger partial charge in [0, 0.05) is 55.5 Å². The maximum Gasteiger partial charge on any atom is 0.410 e. The van der Waals surface area contributed by atoms with E-state index in [1.165, 1.54) is 0 Å². The van der Waals surface area contributed by atoms with Gasteiger partial charge in [0.15, 0.2) is 17.5 Å². The predicted molar refractivity (Wildman–Crippen MR) is 341 cm³/mol. The van der Waals surface area contributed by atoms with Gasteiger partial charge in [-0.05, 0) is 154 Å². The van der Waals surface area contributed by atoms with Crippen LogP contribution in [-0.2, 0) is 28.6 Å². The van der Waals surface area contributed by atoms with Crippen LogP contribution in [0.3, 0.4) is 0 Å². The summed E-state index contributed by atoms with van der Waals surface area (Å²) in [5, 5.41) is 12.5. The predicted octanol–water partition coefficient (Wildman–Crippen LogP) is 9.23. The number of nitrogens with zero attached hydrogens (tertiary/aromatic N) is 9. The normalized spacial score (nSPS) is 23.2. The number of amides is 6. The van der Waals surface area contributed by atoms with Gasteiger partial charge in [-0.2, -0.15) is 15.3 Å². The fourth-order valence-corrected chi connectivity index (χ4v) is 12.8. The minimum Gasteiger partial charge on any atom is -0.483 e. The minimum absolute atomic E-state index is 0.0531. The molecule has 486 valence electrons. The third kappa shape index (κ3) is 12.9. The topological polar surface area (TPSA) is 250 Å². The number of likely N-dealkylation sites (tertiary alicyclic amines) is 3. The first kappa shape index (κ1) is 64.7. The van der Waals surface area contributed by atoms with Crippen molar-refractivity contribution in [1.29, 1.82) is 0 Å². The number of hydrogen-bond acceptors (Lipinski definition) is 18. The third-order valence-electron chi connectivity index (χ3n) is 18.7. The summed E-state index contributed by atoms with van der Waals surface area (Å²) in [5.41, 5.74) is 12.0. The molecule has 24 heteroatoms. The molecule has 0 aromatic heterocycles. The van der Waals surface area contributed by atoms with Crippen LogP contribution in [0.1, 0.15) is 159 Å². The number of carbonyl (C=O) groups excluding carboxylic acids is 6. The molecular weight excluding hydrogens is 1150 g/mol. The molecule has 24 nitrogen and oxygen atoms in total. The fraction of sp³-hybridized carbons (Fsp3) is 0.591. The Morgan fingerprint density at radius 3 is 0.911 bits per heavy atom. The van der Waals surface area contributed by atoms with Crippen molar-refractivity contribution in [3.05, 3.63) is 71.3 Å².